The lowest BCUT2D eigenvalue weighted by Crippen LogP contribution is -2.63. The van der Waals surface area contributed by atoms with Gasteiger partial charge in [0, 0.05) is 50.9 Å². The van der Waals surface area contributed by atoms with Crippen molar-refractivity contribution < 1.29 is 9.53 Å². The van der Waals surface area contributed by atoms with Crippen molar-refractivity contribution in [1.29, 1.82) is 0 Å². The van der Waals surface area contributed by atoms with E-state index >= 15 is 0 Å². The predicted octanol–water partition coefficient (Wildman–Crippen LogP) is 0.815. The van der Waals surface area contributed by atoms with Crippen LogP contribution in [0.2, 0.25) is 0 Å². The highest BCUT2D eigenvalue weighted by molar-refractivity contribution is 5.94. The standard InChI is InChI=1S/C16H23N3O2/c1-2-21-15-5-3-13(4-6-15)16(20)17-11-14-12-18-7-9-19(14)10-8-18/h3-6,14H,2,7-12H2,1H3,(H,17,20). The third-order valence-corrected chi connectivity index (χ3v) is 4.32. The number of carbonyl (C=O) groups is 1. The van der Waals surface area contributed by atoms with Crippen molar-refractivity contribution in [3.8, 4) is 5.75 Å². The molecular weight excluding hydrogens is 266 g/mol. The number of piperazine rings is 3. The van der Waals surface area contributed by atoms with E-state index in [0.717, 1.165) is 31.9 Å². The summed E-state index contributed by atoms with van der Waals surface area (Å²) in [5.74, 6) is 0.799. The number of ether oxygens (including phenoxy) is 1. The Labute approximate surface area is 125 Å². The van der Waals surface area contributed by atoms with Crippen LogP contribution in [0.4, 0.5) is 0 Å². The van der Waals surface area contributed by atoms with E-state index in [1.807, 2.05) is 31.2 Å². The molecule has 1 N–H and O–H groups in total. The van der Waals surface area contributed by atoms with Crippen molar-refractivity contribution in [2.75, 3.05) is 45.9 Å². The fraction of sp³-hybridized carbons (Fsp3) is 0.562. The van der Waals surface area contributed by atoms with Crippen LogP contribution >= 0.6 is 0 Å². The van der Waals surface area contributed by atoms with Crippen molar-refractivity contribution in [2.24, 2.45) is 0 Å². The first-order chi connectivity index (χ1) is 10.3. The number of hydrogen-bond acceptors (Lipinski definition) is 4. The predicted molar refractivity (Wildman–Crippen MR) is 81.7 cm³/mol. The number of nitrogens with zero attached hydrogens (tertiary/aromatic N) is 2. The van der Waals surface area contributed by atoms with Gasteiger partial charge in [0.15, 0.2) is 0 Å². The summed E-state index contributed by atoms with van der Waals surface area (Å²) in [5, 5.41) is 3.06. The van der Waals surface area contributed by atoms with Crippen LogP contribution < -0.4 is 10.1 Å². The van der Waals surface area contributed by atoms with Crippen LogP contribution in [0.5, 0.6) is 5.75 Å². The smallest absolute Gasteiger partial charge is 0.251 e. The number of rotatable bonds is 5. The fourth-order valence-electron chi connectivity index (χ4n) is 3.10. The molecule has 1 aromatic rings. The number of amides is 1. The number of carbonyl (C=O) groups excluding carboxylic acids is 1. The van der Waals surface area contributed by atoms with E-state index in [-0.39, 0.29) is 5.91 Å². The lowest BCUT2D eigenvalue weighted by molar-refractivity contribution is 0.0138. The minimum absolute atomic E-state index is 0.00399. The molecule has 3 heterocycles. The van der Waals surface area contributed by atoms with E-state index in [1.54, 1.807) is 0 Å². The van der Waals surface area contributed by atoms with Gasteiger partial charge in [0.25, 0.3) is 5.91 Å². The molecule has 4 rings (SSSR count). The van der Waals surface area contributed by atoms with Crippen LogP contribution in [0.1, 0.15) is 17.3 Å². The summed E-state index contributed by atoms with van der Waals surface area (Å²) in [6.07, 6.45) is 0. The van der Waals surface area contributed by atoms with Crippen LogP contribution in [0.25, 0.3) is 0 Å². The second kappa shape index (κ2) is 6.45. The number of fused-ring (bicyclic) bond motifs is 3. The molecule has 3 aliphatic rings. The van der Waals surface area contributed by atoms with Gasteiger partial charge in [0.1, 0.15) is 5.75 Å². The molecular formula is C16H23N3O2. The van der Waals surface area contributed by atoms with Crippen LogP contribution in [0, 0.1) is 0 Å². The molecule has 0 aliphatic carbocycles. The zero-order valence-electron chi connectivity index (χ0n) is 12.5. The van der Waals surface area contributed by atoms with Gasteiger partial charge < -0.3 is 10.1 Å². The first-order valence-electron chi connectivity index (χ1n) is 7.73. The molecule has 1 atom stereocenters. The average molecular weight is 289 g/mol. The van der Waals surface area contributed by atoms with Crippen molar-refractivity contribution in [3.63, 3.8) is 0 Å². The van der Waals surface area contributed by atoms with Crippen LogP contribution in [0.15, 0.2) is 24.3 Å². The van der Waals surface area contributed by atoms with Crippen LogP contribution in [-0.4, -0.2) is 67.6 Å². The zero-order valence-corrected chi connectivity index (χ0v) is 12.5. The van der Waals surface area contributed by atoms with E-state index < -0.39 is 0 Å². The Morgan fingerprint density at radius 3 is 2.52 bits per heavy atom. The van der Waals surface area contributed by atoms with Gasteiger partial charge in [0.2, 0.25) is 0 Å². The topological polar surface area (TPSA) is 44.8 Å². The summed E-state index contributed by atoms with van der Waals surface area (Å²) < 4.78 is 5.39. The fourth-order valence-corrected chi connectivity index (χ4v) is 3.10. The first-order valence-corrected chi connectivity index (χ1v) is 7.73. The summed E-state index contributed by atoms with van der Waals surface area (Å²) in [5.41, 5.74) is 0.690. The van der Waals surface area contributed by atoms with Gasteiger partial charge in [0.05, 0.1) is 6.61 Å². The number of nitrogens with one attached hydrogen (secondary N) is 1. The Morgan fingerprint density at radius 2 is 1.95 bits per heavy atom. The number of benzene rings is 1. The van der Waals surface area contributed by atoms with E-state index in [4.69, 9.17) is 4.74 Å². The number of hydrogen-bond donors (Lipinski definition) is 1. The summed E-state index contributed by atoms with van der Waals surface area (Å²) in [6.45, 7) is 8.98. The Balaban J connectivity index is 1.52. The third kappa shape index (κ3) is 3.36. The molecule has 5 heteroatoms. The third-order valence-electron chi connectivity index (χ3n) is 4.32. The molecule has 3 fully saturated rings. The van der Waals surface area contributed by atoms with E-state index in [2.05, 4.69) is 15.1 Å². The van der Waals surface area contributed by atoms with Crippen molar-refractivity contribution >= 4 is 5.91 Å². The maximum Gasteiger partial charge on any atom is 0.251 e. The van der Waals surface area contributed by atoms with Gasteiger partial charge in [-0.05, 0) is 31.2 Å². The summed E-state index contributed by atoms with van der Waals surface area (Å²) >= 11 is 0. The van der Waals surface area contributed by atoms with Gasteiger partial charge in [-0.1, -0.05) is 0 Å². The molecule has 3 aliphatic heterocycles. The molecule has 1 aromatic carbocycles. The summed E-state index contributed by atoms with van der Waals surface area (Å²) in [4.78, 5) is 17.1. The van der Waals surface area contributed by atoms with E-state index in [1.165, 1.54) is 13.1 Å². The molecule has 5 nitrogen and oxygen atoms in total. The largest absolute Gasteiger partial charge is 0.494 e. The Hall–Kier alpha value is -1.59. The van der Waals surface area contributed by atoms with Crippen molar-refractivity contribution in [1.82, 2.24) is 15.1 Å². The highest BCUT2D eigenvalue weighted by Gasteiger charge is 2.31. The molecule has 2 bridgehead atoms. The van der Waals surface area contributed by atoms with Gasteiger partial charge in [-0.25, -0.2) is 0 Å². The Morgan fingerprint density at radius 1 is 1.24 bits per heavy atom. The molecule has 1 unspecified atom stereocenters. The van der Waals surface area contributed by atoms with Gasteiger partial charge in [-0.3, -0.25) is 14.6 Å². The molecule has 0 saturated carbocycles. The minimum Gasteiger partial charge on any atom is -0.494 e. The van der Waals surface area contributed by atoms with Gasteiger partial charge >= 0.3 is 0 Å². The Bertz CT molecular complexity index is 481. The molecule has 0 radical (unpaired) electrons. The normalized spacial score (nSPS) is 27.4. The van der Waals surface area contributed by atoms with E-state index in [9.17, 15) is 4.79 Å². The van der Waals surface area contributed by atoms with Crippen LogP contribution in [-0.2, 0) is 0 Å². The lowest BCUT2D eigenvalue weighted by atomic mass is 10.1. The molecule has 0 aromatic heterocycles. The monoisotopic (exact) mass is 289 g/mol. The molecule has 1 amide bonds. The maximum absolute atomic E-state index is 12.2. The SMILES string of the molecule is CCOc1ccc(C(=O)NCC2CN3CCN2CC3)cc1. The second-order valence-electron chi connectivity index (χ2n) is 5.66. The highest BCUT2D eigenvalue weighted by Crippen LogP contribution is 2.15. The summed E-state index contributed by atoms with van der Waals surface area (Å²) in [6, 6.07) is 7.78. The van der Waals surface area contributed by atoms with Gasteiger partial charge in [-0.15, -0.1) is 0 Å². The van der Waals surface area contributed by atoms with Gasteiger partial charge in [-0.2, -0.15) is 0 Å². The molecule has 21 heavy (non-hydrogen) atoms. The lowest BCUT2D eigenvalue weighted by Gasteiger charge is -2.47. The second-order valence-corrected chi connectivity index (χ2v) is 5.66. The average Bonchev–Trinajstić information content (AvgIpc) is 2.55. The van der Waals surface area contributed by atoms with E-state index in [0.29, 0.717) is 18.2 Å². The molecule has 3 saturated heterocycles. The van der Waals surface area contributed by atoms with Crippen LogP contribution in [0.3, 0.4) is 0 Å². The molecule has 114 valence electrons. The first kappa shape index (κ1) is 14.4. The highest BCUT2D eigenvalue weighted by atomic mass is 16.5. The minimum atomic E-state index is -0.00399. The van der Waals surface area contributed by atoms with Crippen molar-refractivity contribution in [2.45, 2.75) is 13.0 Å². The van der Waals surface area contributed by atoms with Crippen molar-refractivity contribution in [3.05, 3.63) is 29.8 Å². The zero-order chi connectivity index (χ0) is 14.7. The maximum atomic E-state index is 12.2. The summed E-state index contributed by atoms with van der Waals surface area (Å²) in [7, 11) is 0. The quantitative estimate of drug-likeness (QED) is 0.871. The Kier molecular flexibility index (Phi) is 4.41. The molecule has 0 spiro atoms.